The summed E-state index contributed by atoms with van der Waals surface area (Å²) in [5.74, 6) is -1.04. The number of carbonyl (C=O) groups is 2. The van der Waals surface area contributed by atoms with Crippen molar-refractivity contribution in [1.29, 1.82) is 0 Å². The molecule has 10 nitrogen and oxygen atoms in total. The van der Waals surface area contributed by atoms with E-state index in [9.17, 15) is 28.1 Å². The number of nitro benzene ring substituents is 1. The maximum atomic E-state index is 13.9. The predicted octanol–water partition coefficient (Wildman–Crippen LogP) is 4.88. The lowest BCUT2D eigenvalue weighted by Gasteiger charge is -2.32. The van der Waals surface area contributed by atoms with Crippen molar-refractivity contribution in [2.75, 3.05) is 10.8 Å². The molecule has 1 N–H and O–H groups in total. The lowest BCUT2D eigenvalue weighted by Crippen LogP contribution is -2.52. The Balaban J connectivity index is 2.06. The van der Waals surface area contributed by atoms with E-state index < -0.39 is 33.4 Å². The minimum atomic E-state index is -4.32. The fourth-order valence-electron chi connectivity index (χ4n) is 3.89. The quantitative estimate of drug-likeness (QED) is 0.224. The van der Waals surface area contributed by atoms with Crippen LogP contribution in [0.25, 0.3) is 0 Å². The van der Waals surface area contributed by atoms with Gasteiger partial charge in [-0.25, -0.2) is 8.42 Å². The molecule has 2 amide bonds. The molecule has 0 aliphatic rings. The van der Waals surface area contributed by atoms with Gasteiger partial charge in [0.05, 0.1) is 15.5 Å². The fourth-order valence-corrected chi connectivity index (χ4v) is 5.76. The molecule has 12 heteroatoms. The van der Waals surface area contributed by atoms with Gasteiger partial charge in [0.15, 0.2) is 0 Å². The Morgan fingerprint density at radius 2 is 1.68 bits per heavy atom. The Bertz CT molecular complexity index is 1470. The minimum Gasteiger partial charge on any atom is -0.352 e. The molecule has 0 unspecified atom stereocenters. The van der Waals surface area contributed by atoms with E-state index in [1.54, 1.807) is 43.3 Å². The van der Waals surface area contributed by atoms with Crippen LogP contribution in [0.2, 0.25) is 0 Å². The summed E-state index contributed by atoms with van der Waals surface area (Å²) in [6.07, 6.45) is 0.688. The summed E-state index contributed by atoms with van der Waals surface area (Å²) in [5.41, 5.74) is 0.342. The standard InChI is InChI=1S/C28H31BrN4O6S/c1-4-20(2)30-28(35)21(3)31(18-22-10-8-11-23(29)16-22)27(34)19-32(24-12-9-13-25(17-24)33(36)37)40(38,39)26-14-6-5-7-15-26/h5-17,20-21H,4,18-19H2,1-3H3,(H,30,35)/t20-,21+/m1/s1. The summed E-state index contributed by atoms with van der Waals surface area (Å²) in [4.78, 5) is 39.0. The average molecular weight is 632 g/mol. The lowest BCUT2D eigenvalue weighted by molar-refractivity contribution is -0.384. The first-order chi connectivity index (χ1) is 18.9. The van der Waals surface area contributed by atoms with Crippen LogP contribution in [-0.4, -0.2) is 48.7 Å². The van der Waals surface area contributed by atoms with Gasteiger partial charge in [0.2, 0.25) is 11.8 Å². The van der Waals surface area contributed by atoms with Crippen LogP contribution in [-0.2, 0) is 26.2 Å². The first-order valence-electron chi connectivity index (χ1n) is 12.6. The predicted molar refractivity (Wildman–Crippen MR) is 156 cm³/mol. The third-order valence-corrected chi connectivity index (χ3v) is 8.63. The second kappa shape index (κ2) is 13.5. The maximum Gasteiger partial charge on any atom is 0.271 e. The van der Waals surface area contributed by atoms with E-state index in [4.69, 9.17) is 0 Å². The number of halogens is 1. The molecule has 0 saturated carbocycles. The van der Waals surface area contributed by atoms with Gasteiger partial charge in [-0.1, -0.05) is 59.3 Å². The van der Waals surface area contributed by atoms with Gasteiger partial charge in [-0.15, -0.1) is 0 Å². The van der Waals surface area contributed by atoms with Crippen molar-refractivity contribution in [3.05, 3.63) is 99.0 Å². The van der Waals surface area contributed by atoms with Crippen LogP contribution < -0.4 is 9.62 Å². The molecule has 0 aliphatic heterocycles. The lowest BCUT2D eigenvalue weighted by atomic mass is 10.1. The summed E-state index contributed by atoms with van der Waals surface area (Å²) in [5, 5.41) is 14.3. The van der Waals surface area contributed by atoms with Gasteiger partial charge in [0, 0.05) is 29.2 Å². The van der Waals surface area contributed by atoms with Crippen molar-refractivity contribution in [1.82, 2.24) is 10.2 Å². The van der Waals surface area contributed by atoms with Gasteiger partial charge in [-0.2, -0.15) is 0 Å². The zero-order valence-electron chi connectivity index (χ0n) is 22.4. The highest BCUT2D eigenvalue weighted by atomic mass is 79.9. The van der Waals surface area contributed by atoms with Crippen LogP contribution in [0.1, 0.15) is 32.8 Å². The molecule has 0 saturated heterocycles. The molecular formula is C28H31BrN4O6S. The van der Waals surface area contributed by atoms with Gasteiger partial charge in [0.25, 0.3) is 15.7 Å². The third kappa shape index (κ3) is 7.66. The Labute approximate surface area is 242 Å². The van der Waals surface area contributed by atoms with Crippen LogP contribution in [0.3, 0.4) is 0 Å². The second-order valence-corrected chi connectivity index (χ2v) is 12.0. The van der Waals surface area contributed by atoms with Crippen molar-refractivity contribution in [3.63, 3.8) is 0 Å². The molecule has 0 bridgehead atoms. The molecule has 3 aromatic rings. The molecule has 0 aliphatic carbocycles. The smallest absolute Gasteiger partial charge is 0.271 e. The largest absolute Gasteiger partial charge is 0.352 e. The molecule has 2 atom stereocenters. The van der Waals surface area contributed by atoms with Crippen molar-refractivity contribution < 1.29 is 22.9 Å². The number of nitrogens with zero attached hydrogens (tertiary/aromatic N) is 3. The Kier molecular flexibility index (Phi) is 10.4. The molecule has 0 radical (unpaired) electrons. The Morgan fingerprint density at radius 1 is 1.00 bits per heavy atom. The van der Waals surface area contributed by atoms with Crippen molar-refractivity contribution in [2.24, 2.45) is 0 Å². The molecular weight excluding hydrogens is 600 g/mol. The maximum absolute atomic E-state index is 13.9. The van der Waals surface area contributed by atoms with Crippen LogP contribution in [0.15, 0.2) is 88.2 Å². The Hall–Kier alpha value is -3.77. The highest BCUT2D eigenvalue weighted by molar-refractivity contribution is 9.10. The van der Waals surface area contributed by atoms with E-state index >= 15 is 0 Å². The molecule has 40 heavy (non-hydrogen) atoms. The highest BCUT2D eigenvalue weighted by Crippen LogP contribution is 2.27. The third-order valence-electron chi connectivity index (χ3n) is 6.35. The van der Waals surface area contributed by atoms with Crippen molar-refractivity contribution in [2.45, 2.75) is 50.7 Å². The normalized spacial score (nSPS) is 12.7. The zero-order chi connectivity index (χ0) is 29.4. The topological polar surface area (TPSA) is 130 Å². The first kappa shape index (κ1) is 30.8. The van der Waals surface area contributed by atoms with Crippen molar-refractivity contribution >= 4 is 49.1 Å². The monoisotopic (exact) mass is 630 g/mol. The van der Waals surface area contributed by atoms with Gasteiger partial charge in [-0.05, 0) is 56.2 Å². The van der Waals surface area contributed by atoms with Crippen LogP contribution in [0.4, 0.5) is 11.4 Å². The van der Waals surface area contributed by atoms with Gasteiger partial charge >= 0.3 is 0 Å². The number of hydrogen-bond acceptors (Lipinski definition) is 6. The van der Waals surface area contributed by atoms with E-state index in [0.29, 0.717) is 6.42 Å². The number of carbonyl (C=O) groups excluding carboxylic acids is 2. The number of anilines is 1. The summed E-state index contributed by atoms with van der Waals surface area (Å²) in [6.45, 7) is 4.69. The summed E-state index contributed by atoms with van der Waals surface area (Å²) < 4.78 is 29.1. The van der Waals surface area contributed by atoms with Crippen LogP contribution in [0, 0.1) is 10.1 Å². The molecule has 0 fully saturated rings. The highest BCUT2D eigenvalue weighted by Gasteiger charge is 2.33. The first-order valence-corrected chi connectivity index (χ1v) is 14.8. The number of non-ortho nitro benzene ring substituents is 1. The van der Waals surface area contributed by atoms with Crippen molar-refractivity contribution in [3.8, 4) is 0 Å². The molecule has 0 spiro atoms. The number of rotatable bonds is 12. The minimum absolute atomic E-state index is 0.0293. The van der Waals surface area contributed by atoms with E-state index in [2.05, 4.69) is 21.2 Å². The van der Waals surface area contributed by atoms with E-state index in [0.717, 1.165) is 20.4 Å². The number of benzene rings is 3. The average Bonchev–Trinajstić information content (AvgIpc) is 2.94. The second-order valence-electron chi connectivity index (χ2n) is 9.25. The zero-order valence-corrected chi connectivity index (χ0v) is 24.8. The van der Waals surface area contributed by atoms with E-state index in [1.807, 2.05) is 19.9 Å². The molecule has 3 aromatic carbocycles. The van der Waals surface area contributed by atoms with Crippen LogP contribution in [0.5, 0.6) is 0 Å². The number of nitro groups is 1. The number of hydrogen-bond donors (Lipinski definition) is 1. The summed E-state index contributed by atoms with van der Waals surface area (Å²) in [7, 11) is -4.32. The molecule has 0 heterocycles. The molecule has 0 aromatic heterocycles. The van der Waals surface area contributed by atoms with Gasteiger partial charge in [-0.3, -0.25) is 24.0 Å². The number of nitrogens with one attached hydrogen (secondary N) is 1. The van der Waals surface area contributed by atoms with Gasteiger partial charge < -0.3 is 10.2 Å². The van der Waals surface area contributed by atoms with Gasteiger partial charge in [0.1, 0.15) is 12.6 Å². The summed E-state index contributed by atoms with van der Waals surface area (Å²) in [6, 6.07) is 18.7. The summed E-state index contributed by atoms with van der Waals surface area (Å²) >= 11 is 3.41. The number of amides is 2. The molecule has 212 valence electrons. The fraction of sp³-hybridized carbons (Fsp3) is 0.286. The van der Waals surface area contributed by atoms with E-state index in [1.165, 1.54) is 35.2 Å². The SMILES string of the molecule is CC[C@@H](C)NC(=O)[C@H](C)N(Cc1cccc(Br)c1)C(=O)CN(c1cccc([N+](=O)[O-])c1)S(=O)(=O)c1ccccc1. The van der Waals surface area contributed by atoms with E-state index in [-0.39, 0.29) is 34.8 Å². The van der Waals surface area contributed by atoms with Crippen LogP contribution >= 0.6 is 15.9 Å². The Morgan fingerprint density at radius 3 is 2.30 bits per heavy atom. The molecule has 3 rings (SSSR count). The number of sulfonamides is 1.